The summed E-state index contributed by atoms with van der Waals surface area (Å²) >= 11 is 0. The minimum atomic E-state index is 0.0501. The molecule has 0 saturated carbocycles. The quantitative estimate of drug-likeness (QED) is 0.714. The Labute approximate surface area is 133 Å². The third-order valence-electron chi connectivity index (χ3n) is 3.64. The molecule has 0 bridgehead atoms. The average Bonchev–Trinajstić information content (AvgIpc) is 2.52. The van der Waals surface area contributed by atoms with Gasteiger partial charge in [0.2, 0.25) is 0 Å². The van der Waals surface area contributed by atoms with Gasteiger partial charge in [-0.1, -0.05) is 51.1 Å². The van der Waals surface area contributed by atoms with Gasteiger partial charge < -0.3 is 9.47 Å². The molecule has 0 aliphatic rings. The molecule has 0 aliphatic heterocycles. The van der Waals surface area contributed by atoms with Crippen molar-refractivity contribution in [2.45, 2.75) is 20.8 Å². The standard InChI is InChI=1S/C20H24O2/c1-20(2,3)19(16-8-12-18(22-5)13-9-16)14-15-6-10-17(21-4)11-7-15/h6-14H,1-5H3. The molecule has 0 aromatic heterocycles. The monoisotopic (exact) mass is 296 g/mol. The molecule has 0 aliphatic carbocycles. The van der Waals surface area contributed by atoms with Crippen LogP contribution in [0.15, 0.2) is 48.5 Å². The van der Waals surface area contributed by atoms with Crippen LogP contribution in [0, 0.1) is 5.41 Å². The Morgan fingerprint density at radius 3 is 1.64 bits per heavy atom. The average molecular weight is 296 g/mol. The van der Waals surface area contributed by atoms with E-state index in [-0.39, 0.29) is 5.41 Å². The molecule has 0 fully saturated rings. The molecule has 116 valence electrons. The minimum Gasteiger partial charge on any atom is -0.497 e. The highest BCUT2D eigenvalue weighted by Gasteiger charge is 2.18. The van der Waals surface area contributed by atoms with E-state index in [0.29, 0.717) is 0 Å². The van der Waals surface area contributed by atoms with Gasteiger partial charge in [-0.3, -0.25) is 0 Å². The molecule has 2 heteroatoms. The molecular formula is C20H24O2. The molecule has 0 radical (unpaired) electrons. The maximum absolute atomic E-state index is 5.24. The van der Waals surface area contributed by atoms with Gasteiger partial charge in [0.25, 0.3) is 0 Å². The number of benzene rings is 2. The summed E-state index contributed by atoms with van der Waals surface area (Å²) in [6.07, 6.45) is 2.24. The van der Waals surface area contributed by atoms with Crippen molar-refractivity contribution < 1.29 is 9.47 Å². The summed E-state index contributed by atoms with van der Waals surface area (Å²) in [6, 6.07) is 16.4. The Hall–Kier alpha value is -2.22. The van der Waals surface area contributed by atoms with Crippen molar-refractivity contribution in [1.82, 2.24) is 0 Å². The van der Waals surface area contributed by atoms with Crippen LogP contribution < -0.4 is 9.47 Å². The van der Waals surface area contributed by atoms with Crippen LogP contribution in [0.4, 0.5) is 0 Å². The molecule has 2 nitrogen and oxygen atoms in total. The van der Waals surface area contributed by atoms with Crippen LogP contribution in [0.2, 0.25) is 0 Å². The summed E-state index contributed by atoms with van der Waals surface area (Å²) in [5, 5.41) is 0. The van der Waals surface area contributed by atoms with E-state index in [1.54, 1.807) is 14.2 Å². The van der Waals surface area contributed by atoms with Gasteiger partial charge in [-0.15, -0.1) is 0 Å². The smallest absolute Gasteiger partial charge is 0.118 e. The zero-order chi connectivity index (χ0) is 16.2. The largest absolute Gasteiger partial charge is 0.497 e. The zero-order valence-electron chi connectivity index (χ0n) is 14.0. The molecule has 0 saturated heterocycles. The molecule has 2 aromatic rings. The molecule has 2 rings (SSSR count). The topological polar surface area (TPSA) is 18.5 Å². The van der Waals surface area contributed by atoms with Gasteiger partial charge in [-0.2, -0.15) is 0 Å². The highest BCUT2D eigenvalue weighted by Crippen LogP contribution is 2.36. The lowest BCUT2D eigenvalue weighted by Crippen LogP contribution is -2.08. The van der Waals surface area contributed by atoms with Crippen molar-refractivity contribution in [3.8, 4) is 11.5 Å². The molecule has 0 amide bonds. The van der Waals surface area contributed by atoms with Gasteiger partial charge in [-0.05, 0) is 46.4 Å². The number of rotatable bonds is 4. The summed E-state index contributed by atoms with van der Waals surface area (Å²) in [7, 11) is 3.37. The Morgan fingerprint density at radius 2 is 1.23 bits per heavy atom. The van der Waals surface area contributed by atoms with E-state index >= 15 is 0 Å². The van der Waals surface area contributed by atoms with Gasteiger partial charge in [0.1, 0.15) is 11.5 Å². The zero-order valence-corrected chi connectivity index (χ0v) is 14.0. The van der Waals surface area contributed by atoms with Crippen LogP contribution in [0.3, 0.4) is 0 Å². The van der Waals surface area contributed by atoms with Crippen LogP contribution in [0.5, 0.6) is 11.5 Å². The molecule has 0 heterocycles. The highest BCUT2D eigenvalue weighted by atomic mass is 16.5. The number of hydrogen-bond donors (Lipinski definition) is 0. The van der Waals surface area contributed by atoms with Gasteiger partial charge in [-0.25, -0.2) is 0 Å². The minimum absolute atomic E-state index is 0.0501. The first-order chi connectivity index (χ1) is 10.4. The molecule has 0 spiro atoms. The van der Waals surface area contributed by atoms with Crippen molar-refractivity contribution in [2.75, 3.05) is 14.2 Å². The van der Waals surface area contributed by atoms with Crippen LogP contribution >= 0.6 is 0 Å². The fourth-order valence-corrected chi connectivity index (χ4v) is 2.37. The highest BCUT2D eigenvalue weighted by molar-refractivity contribution is 5.84. The number of allylic oxidation sites excluding steroid dienone is 1. The Morgan fingerprint density at radius 1 is 0.773 bits per heavy atom. The van der Waals surface area contributed by atoms with Crippen molar-refractivity contribution >= 4 is 11.6 Å². The fourth-order valence-electron chi connectivity index (χ4n) is 2.37. The SMILES string of the molecule is COc1ccc(C=C(c2ccc(OC)cc2)C(C)(C)C)cc1. The molecule has 0 N–H and O–H groups in total. The summed E-state index contributed by atoms with van der Waals surface area (Å²) in [4.78, 5) is 0. The first-order valence-electron chi connectivity index (χ1n) is 7.44. The predicted molar refractivity (Wildman–Crippen MR) is 93.3 cm³/mol. The second kappa shape index (κ2) is 6.69. The Balaban J connectivity index is 2.42. The molecule has 2 aromatic carbocycles. The summed E-state index contributed by atoms with van der Waals surface area (Å²) < 4.78 is 10.5. The molecule has 0 unspecified atom stereocenters. The van der Waals surface area contributed by atoms with E-state index in [0.717, 1.165) is 11.5 Å². The van der Waals surface area contributed by atoms with Crippen LogP contribution in [-0.4, -0.2) is 14.2 Å². The normalized spacial score (nSPS) is 12.1. The fraction of sp³-hybridized carbons (Fsp3) is 0.300. The number of hydrogen-bond acceptors (Lipinski definition) is 2. The third-order valence-corrected chi connectivity index (χ3v) is 3.64. The Bertz CT molecular complexity index is 629. The van der Waals surface area contributed by atoms with Crippen molar-refractivity contribution in [3.63, 3.8) is 0 Å². The maximum atomic E-state index is 5.24. The van der Waals surface area contributed by atoms with Crippen LogP contribution in [0.1, 0.15) is 31.9 Å². The van der Waals surface area contributed by atoms with Crippen LogP contribution in [0.25, 0.3) is 11.6 Å². The second-order valence-corrected chi connectivity index (χ2v) is 6.31. The predicted octanol–water partition coefficient (Wildman–Crippen LogP) is 5.29. The lowest BCUT2D eigenvalue weighted by molar-refractivity contribution is 0.414. The summed E-state index contributed by atoms with van der Waals surface area (Å²) in [5.74, 6) is 1.75. The van der Waals surface area contributed by atoms with E-state index in [1.807, 2.05) is 24.3 Å². The molecule has 22 heavy (non-hydrogen) atoms. The lowest BCUT2D eigenvalue weighted by atomic mass is 9.81. The summed E-state index contributed by atoms with van der Waals surface area (Å²) in [6.45, 7) is 6.69. The van der Waals surface area contributed by atoms with E-state index in [2.05, 4.69) is 51.1 Å². The maximum Gasteiger partial charge on any atom is 0.118 e. The van der Waals surface area contributed by atoms with Crippen molar-refractivity contribution in [3.05, 3.63) is 59.7 Å². The van der Waals surface area contributed by atoms with Gasteiger partial charge in [0.15, 0.2) is 0 Å². The van der Waals surface area contributed by atoms with Gasteiger partial charge >= 0.3 is 0 Å². The van der Waals surface area contributed by atoms with E-state index < -0.39 is 0 Å². The second-order valence-electron chi connectivity index (χ2n) is 6.31. The number of ether oxygens (including phenoxy) is 2. The lowest BCUT2D eigenvalue weighted by Gasteiger charge is -2.24. The van der Waals surface area contributed by atoms with E-state index in [4.69, 9.17) is 9.47 Å². The first-order valence-corrected chi connectivity index (χ1v) is 7.44. The molecule has 0 atom stereocenters. The van der Waals surface area contributed by atoms with Crippen molar-refractivity contribution in [2.24, 2.45) is 5.41 Å². The number of methoxy groups -OCH3 is 2. The van der Waals surface area contributed by atoms with Gasteiger partial charge in [0.05, 0.1) is 14.2 Å². The van der Waals surface area contributed by atoms with E-state index in [1.165, 1.54) is 16.7 Å². The summed E-state index contributed by atoms with van der Waals surface area (Å²) in [5.41, 5.74) is 3.72. The van der Waals surface area contributed by atoms with E-state index in [9.17, 15) is 0 Å². The third kappa shape index (κ3) is 3.91. The van der Waals surface area contributed by atoms with Crippen LogP contribution in [-0.2, 0) is 0 Å². The van der Waals surface area contributed by atoms with Crippen molar-refractivity contribution in [1.29, 1.82) is 0 Å². The van der Waals surface area contributed by atoms with Gasteiger partial charge in [0, 0.05) is 0 Å². The molecular weight excluding hydrogens is 272 g/mol. The Kier molecular flexibility index (Phi) is 4.92. The first kappa shape index (κ1) is 16.2.